The predicted octanol–water partition coefficient (Wildman–Crippen LogP) is -0.426. The van der Waals surface area contributed by atoms with Gasteiger partial charge in [-0.15, -0.1) is 0 Å². The first-order valence-corrected chi connectivity index (χ1v) is 7.14. The van der Waals surface area contributed by atoms with Crippen LogP contribution < -0.4 is 5.32 Å². The van der Waals surface area contributed by atoms with Crippen molar-refractivity contribution in [3.63, 3.8) is 0 Å². The minimum Gasteiger partial charge on any atom is -0.477 e. The van der Waals surface area contributed by atoms with Gasteiger partial charge in [0.2, 0.25) is 5.91 Å². The second kappa shape index (κ2) is 4.84. The zero-order valence-corrected chi connectivity index (χ0v) is 12.0. The molecule has 0 radical (unpaired) electrons. The lowest BCUT2D eigenvalue weighted by atomic mass is 9.82. The van der Waals surface area contributed by atoms with Crippen LogP contribution in [0, 0.1) is 11.8 Å². The van der Waals surface area contributed by atoms with E-state index in [1.54, 1.807) is 6.92 Å². The van der Waals surface area contributed by atoms with Crippen molar-refractivity contribution < 1.29 is 19.8 Å². The summed E-state index contributed by atoms with van der Waals surface area (Å²) >= 11 is 0. The van der Waals surface area contributed by atoms with Crippen molar-refractivity contribution in [2.75, 3.05) is 13.1 Å². The molecule has 7 nitrogen and oxygen atoms in total. The Balaban J connectivity index is 1.90. The molecular formula is C14H19N3O4. The number of carboxylic acid groups (broad SMARTS) is 1. The predicted molar refractivity (Wildman–Crippen MR) is 74.6 cm³/mol. The number of amides is 1. The van der Waals surface area contributed by atoms with Gasteiger partial charge in [-0.3, -0.25) is 9.79 Å². The zero-order chi connectivity index (χ0) is 15.3. The summed E-state index contributed by atoms with van der Waals surface area (Å²) in [5.74, 6) is -1.00. The lowest BCUT2D eigenvalue weighted by Gasteiger charge is -2.44. The van der Waals surface area contributed by atoms with Gasteiger partial charge in [0.1, 0.15) is 5.70 Å². The van der Waals surface area contributed by atoms with Crippen LogP contribution in [0.3, 0.4) is 0 Å². The van der Waals surface area contributed by atoms with E-state index in [2.05, 4.69) is 10.3 Å². The van der Waals surface area contributed by atoms with Crippen molar-refractivity contribution >= 4 is 17.7 Å². The molecule has 1 saturated heterocycles. The highest BCUT2D eigenvalue weighted by Crippen LogP contribution is 2.45. The van der Waals surface area contributed by atoms with E-state index < -0.39 is 18.0 Å². The number of fused-ring (bicyclic) bond motifs is 1. The van der Waals surface area contributed by atoms with E-state index in [9.17, 15) is 19.8 Å². The number of hydrogen-bond donors (Lipinski definition) is 3. The van der Waals surface area contributed by atoms with Gasteiger partial charge in [-0.1, -0.05) is 0 Å². The van der Waals surface area contributed by atoms with Gasteiger partial charge in [-0.2, -0.15) is 0 Å². The monoisotopic (exact) mass is 293 g/mol. The fourth-order valence-electron chi connectivity index (χ4n) is 3.54. The molecule has 3 rings (SSSR count). The molecule has 3 N–H and O–H groups in total. The van der Waals surface area contributed by atoms with Crippen LogP contribution in [0.1, 0.15) is 20.3 Å². The number of aliphatic hydroxyl groups is 1. The van der Waals surface area contributed by atoms with E-state index in [1.807, 2.05) is 6.92 Å². The molecule has 114 valence electrons. The number of aliphatic carboxylic acids is 1. The topological polar surface area (TPSA) is 102 Å². The summed E-state index contributed by atoms with van der Waals surface area (Å²) in [7, 11) is 0. The largest absolute Gasteiger partial charge is 0.477 e. The number of amidine groups is 1. The normalized spacial score (nSPS) is 33.1. The third kappa shape index (κ3) is 2.03. The quantitative estimate of drug-likeness (QED) is 0.613. The van der Waals surface area contributed by atoms with Crippen molar-refractivity contribution in [1.82, 2.24) is 10.2 Å². The smallest absolute Gasteiger partial charge is 0.352 e. The van der Waals surface area contributed by atoms with Crippen molar-refractivity contribution in [1.29, 1.82) is 0 Å². The molecule has 3 aliphatic rings. The lowest BCUT2D eigenvalue weighted by molar-refractivity contribution is -0.161. The Morgan fingerprint density at radius 1 is 1.52 bits per heavy atom. The second-order valence-corrected chi connectivity index (χ2v) is 5.93. The van der Waals surface area contributed by atoms with E-state index in [0.29, 0.717) is 19.5 Å². The first kappa shape index (κ1) is 14.1. The van der Waals surface area contributed by atoms with Crippen LogP contribution in [0.15, 0.2) is 16.3 Å². The van der Waals surface area contributed by atoms with E-state index in [-0.39, 0.29) is 23.6 Å². The maximum atomic E-state index is 12.1. The summed E-state index contributed by atoms with van der Waals surface area (Å²) in [4.78, 5) is 29.3. The molecule has 0 bridgehead atoms. The fraction of sp³-hybridized carbons (Fsp3) is 0.643. The van der Waals surface area contributed by atoms with Gasteiger partial charge in [-0.25, -0.2) is 4.79 Å². The maximum absolute atomic E-state index is 12.1. The number of nitrogens with one attached hydrogen (secondary N) is 1. The lowest BCUT2D eigenvalue weighted by Crippen LogP contribution is -2.61. The SMILES string of the molecule is CC1=NCC(C2=C(C(=O)O)N3C(=O)[C@H]([C@@H](C)O)[C@H]3C2)CN1. The molecule has 1 amide bonds. The highest BCUT2D eigenvalue weighted by molar-refractivity contribution is 5.99. The number of carboxylic acids is 1. The van der Waals surface area contributed by atoms with Crippen LogP contribution in [0.2, 0.25) is 0 Å². The molecule has 3 aliphatic heterocycles. The molecular weight excluding hydrogens is 274 g/mol. The zero-order valence-electron chi connectivity index (χ0n) is 12.0. The molecule has 7 heteroatoms. The van der Waals surface area contributed by atoms with Gasteiger partial charge in [-0.05, 0) is 25.8 Å². The highest BCUT2D eigenvalue weighted by atomic mass is 16.4. The second-order valence-electron chi connectivity index (χ2n) is 5.93. The van der Waals surface area contributed by atoms with E-state index in [4.69, 9.17) is 0 Å². The van der Waals surface area contributed by atoms with Crippen LogP contribution in [0.25, 0.3) is 0 Å². The summed E-state index contributed by atoms with van der Waals surface area (Å²) in [6, 6.07) is -0.217. The standard InChI is InChI=1S/C14H19N3O4/c1-6(18)11-10-3-9(8-4-15-7(2)16-5-8)12(14(20)21)17(10)13(11)19/h6,8,10-11,18H,3-5H2,1-2H3,(H,15,16)(H,20,21)/t6-,10-,11-/m1/s1. The summed E-state index contributed by atoms with van der Waals surface area (Å²) in [5.41, 5.74) is 0.871. The number of aliphatic imine (C=N–C) groups is 1. The first-order valence-electron chi connectivity index (χ1n) is 7.14. The van der Waals surface area contributed by atoms with Gasteiger partial charge in [0, 0.05) is 19.0 Å². The van der Waals surface area contributed by atoms with Crippen LogP contribution >= 0.6 is 0 Å². The summed E-state index contributed by atoms with van der Waals surface area (Å²) in [6.45, 7) is 4.63. The average Bonchev–Trinajstić information content (AvgIpc) is 2.74. The van der Waals surface area contributed by atoms with Crippen LogP contribution in [0.5, 0.6) is 0 Å². The molecule has 0 spiro atoms. The summed E-state index contributed by atoms with van der Waals surface area (Å²) in [5, 5.41) is 22.3. The van der Waals surface area contributed by atoms with Crippen molar-refractivity contribution in [2.45, 2.75) is 32.4 Å². The van der Waals surface area contributed by atoms with E-state index in [0.717, 1.165) is 11.4 Å². The summed E-state index contributed by atoms with van der Waals surface area (Å²) in [6.07, 6.45) is -0.234. The Kier molecular flexibility index (Phi) is 3.24. The molecule has 21 heavy (non-hydrogen) atoms. The average molecular weight is 293 g/mol. The first-order chi connectivity index (χ1) is 9.91. The number of hydrogen-bond acceptors (Lipinski definition) is 5. The fourth-order valence-corrected chi connectivity index (χ4v) is 3.54. The number of aliphatic hydroxyl groups excluding tert-OH is 1. The number of β-lactam (4-membered cyclic amide) rings is 1. The van der Waals surface area contributed by atoms with Gasteiger partial charge in [0.05, 0.1) is 23.9 Å². The minimum absolute atomic E-state index is 0.00662. The Hall–Kier alpha value is -1.89. The number of rotatable bonds is 3. The molecule has 0 aromatic rings. The number of nitrogens with zero attached hydrogens (tertiary/aromatic N) is 2. The van der Waals surface area contributed by atoms with Crippen LogP contribution in [-0.4, -0.2) is 58.1 Å². The van der Waals surface area contributed by atoms with Gasteiger partial charge in [0.25, 0.3) is 0 Å². The summed E-state index contributed by atoms with van der Waals surface area (Å²) < 4.78 is 0. The van der Waals surface area contributed by atoms with Crippen molar-refractivity contribution in [3.8, 4) is 0 Å². The number of carbonyl (C=O) groups is 2. The van der Waals surface area contributed by atoms with Gasteiger partial charge in [0.15, 0.2) is 0 Å². The Bertz CT molecular complexity index is 567. The van der Waals surface area contributed by atoms with Gasteiger partial charge < -0.3 is 20.4 Å². The van der Waals surface area contributed by atoms with Crippen molar-refractivity contribution in [3.05, 3.63) is 11.3 Å². The van der Waals surface area contributed by atoms with Crippen LogP contribution in [0.4, 0.5) is 0 Å². The molecule has 4 atom stereocenters. The highest BCUT2D eigenvalue weighted by Gasteiger charge is 2.57. The molecule has 0 saturated carbocycles. The maximum Gasteiger partial charge on any atom is 0.352 e. The third-order valence-electron chi connectivity index (χ3n) is 4.61. The molecule has 1 fully saturated rings. The third-order valence-corrected chi connectivity index (χ3v) is 4.61. The van der Waals surface area contributed by atoms with Gasteiger partial charge >= 0.3 is 5.97 Å². The molecule has 3 heterocycles. The van der Waals surface area contributed by atoms with Crippen molar-refractivity contribution in [2.24, 2.45) is 16.8 Å². The molecule has 1 unspecified atom stereocenters. The molecule has 0 aromatic heterocycles. The Morgan fingerprint density at radius 3 is 2.76 bits per heavy atom. The Morgan fingerprint density at radius 2 is 2.24 bits per heavy atom. The minimum atomic E-state index is -1.07. The van der Waals surface area contributed by atoms with E-state index in [1.165, 1.54) is 4.90 Å². The number of carbonyl (C=O) groups excluding carboxylic acids is 1. The molecule has 0 aromatic carbocycles. The van der Waals surface area contributed by atoms with Crippen LogP contribution in [-0.2, 0) is 9.59 Å². The Labute approximate surface area is 122 Å². The molecule has 0 aliphatic carbocycles. The van der Waals surface area contributed by atoms with E-state index >= 15 is 0 Å².